The monoisotopic (exact) mass is 339 g/mol. The number of nitrogens with one attached hydrogen (secondary N) is 1. The number of rotatable bonds is 6. The predicted octanol–water partition coefficient (Wildman–Crippen LogP) is 2.32. The molecule has 2 rings (SSSR count). The molecule has 3 N–H and O–H groups in total. The number of carbonyl (C=O) groups excluding carboxylic acids is 1. The van der Waals surface area contributed by atoms with Crippen molar-refractivity contribution in [1.82, 2.24) is 20.2 Å². The average Bonchev–Trinajstić information content (AvgIpc) is 2.86. The van der Waals surface area contributed by atoms with Gasteiger partial charge in [-0.25, -0.2) is 4.68 Å². The third-order valence-corrected chi connectivity index (χ3v) is 4.28. The molecule has 2 aromatic rings. The molecule has 8 heteroatoms. The van der Waals surface area contributed by atoms with E-state index in [9.17, 15) is 4.79 Å². The van der Waals surface area contributed by atoms with Crippen molar-refractivity contribution in [2.75, 3.05) is 11.6 Å². The summed E-state index contributed by atoms with van der Waals surface area (Å²) in [6.07, 6.45) is 0.891. The summed E-state index contributed by atoms with van der Waals surface area (Å²) in [6.45, 7) is 3.98. The first-order valence-corrected chi connectivity index (χ1v) is 8.26. The smallest absolute Gasteiger partial charge is 0.230 e. The Bertz CT molecular complexity index is 660. The van der Waals surface area contributed by atoms with Crippen LogP contribution in [-0.2, 0) is 4.79 Å². The molecule has 0 aliphatic rings. The SMILES string of the molecule is CC[C@H](C)NC(=O)CSc1nnc(-c2cccc(Cl)c2)n1N. The van der Waals surface area contributed by atoms with Gasteiger partial charge in [0.2, 0.25) is 11.1 Å². The average molecular weight is 340 g/mol. The van der Waals surface area contributed by atoms with E-state index in [1.165, 1.54) is 16.4 Å². The number of benzene rings is 1. The number of hydrogen-bond donors (Lipinski definition) is 2. The summed E-state index contributed by atoms with van der Waals surface area (Å²) in [7, 11) is 0. The van der Waals surface area contributed by atoms with Crippen LogP contribution < -0.4 is 11.2 Å². The van der Waals surface area contributed by atoms with E-state index >= 15 is 0 Å². The molecule has 0 saturated heterocycles. The van der Waals surface area contributed by atoms with Crippen molar-refractivity contribution in [3.05, 3.63) is 29.3 Å². The molecular weight excluding hydrogens is 322 g/mol. The molecule has 118 valence electrons. The number of aromatic nitrogens is 3. The van der Waals surface area contributed by atoms with Crippen molar-refractivity contribution in [1.29, 1.82) is 0 Å². The molecule has 22 heavy (non-hydrogen) atoms. The van der Waals surface area contributed by atoms with Gasteiger partial charge in [-0.3, -0.25) is 4.79 Å². The maximum absolute atomic E-state index is 11.8. The topological polar surface area (TPSA) is 85.8 Å². The molecule has 0 saturated carbocycles. The highest BCUT2D eigenvalue weighted by atomic mass is 35.5. The fraction of sp³-hybridized carbons (Fsp3) is 0.357. The zero-order valence-corrected chi connectivity index (χ0v) is 14.0. The number of nitrogens with two attached hydrogens (primary N) is 1. The lowest BCUT2D eigenvalue weighted by Gasteiger charge is -2.10. The third kappa shape index (κ3) is 4.14. The van der Waals surface area contributed by atoms with Gasteiger partial charge in [-0.15, -0.1) is 10.2 Å². The van der Waals surface area contributed by atoms with E-state index in [4.69, 9.17) is 17.4 Å². The minimum Gasteiger partial charge on any atom is -0.353 e. The summed E-state index contributed by atoms with van der Waals surface area (Å²) in [4.78, 5) is 11.8. The van der Waals surface area contributed by atoms with Crippen LogP contribution in [0.15, 0.2) is 29.4 Å². The Morgan fingerprint density at radius 2 is 2.27 bits per heavy atom. The van der Waals surface area contributed by atoms with Crippen molar-refractivity contribution in [3.63, 3.8) is 0 Å². The Labute approximate surface area is 138 Å². The normalized spacial score (nSPS) is 12.1. The lowest BCUT2D eigenvalue weighted by molar-refractivity contribution is -0.119. The van der Waals surface area contributed by atoms with E-state index in [0.717, 1.165) is 12.0 Å². The van der Waals surface area contributed by atoms with E-state index in [1.54, 1.807) is 12.1 Å². The van der Waals surface area contributed by atoms with E-state index in [1.807, 2.05) is 26.0 Å². The number of thioether (sulfide) groups is 1. The van der Waals surface area contributed by atoms with Gasteiger partial charge in [-0.05, 0) is 25.5 Å². The summed E-state index contributed by atoms with van der Waals surface area (Å²) < 4.78 is 1.37. The van der Waals surface area contributed by atoms with E-state index in [-0.39, 0.29) is 17.7 Å². The number of carbonyl (C=O) groups is 1. The first-order chi connectivity index (χ1) is 10.5. The van der Waals surface area contributed by atoms with Crippen LogP contribution in [0.5, 0.6) is 0 Å². The van der Waals surface area contributed by atoms with E-state index in [0.29, 0.717) is 16.0 Å². The highest BCUT2D eigenvalue weighted by molar-refractivity contribution is 7.99. The Balaban J connectivity index is 2.04. The molecule has 0 aliphatic carbocycles. The van der Waals surface area contributed by atoms with Crippen molar-refractivity contribution in [2.45, 2.75) is 31.5 Å². The second-order valence-electron chi connectivity index (χ2n) is 4.85. The van der Waals surface area contributed by atoms with Crippen LogP contribution in [0.2, 0.25) is 5.02 Å². The summed E-state index contributed by atoms with van der Waals surface area (Å²) >= 11 is 7.21. The molecule has 0 radical (unpaired) electrons. The van der Waals surface area contributed by atoms with Gasteiger partial charge in [0.05, 0.1) is 5.75 Å². The van der Waals surface area contributed by atoms with Gasteiger partial charge in [0, 0.05) is 16.6 Å². The molecule has 6 nitrogen and oxygen atoms in total. The Morgan fingerprint density at radius 3 is 2.95 bits per heavy atom. The van der Waals surface area contributed by atoms with Gasteiger partial charge in [-0.1, -0.05) is 42.4 Å². The lowest BCUT2D eigenvalue weighted by Crippen LogP contribution is -2.33. The van der Waals surface area contributed by atoms with Crippen LogP contribution in [-0.4, -0.2) is 32.6 Å². The van der Waals surface area contributed by atoms with Gasteiger partial charge in [0.25, 0.3) is 0 Å². The summed E-state index contributed by atoms with van der Waals surface area (Å²) in [5, 5.41) is 12.1. The van der Waals surface area contributed by atoms with Crippen molar-refractivity contribution < 1.29 is 4.79 Å². The van der Waals surface area contributed by atoms with Crippen LogP contribution in [0.25, 0.3) is 11.4 Å². The number of halogens is 1. The second-order valence-corrected chi connectivity index (χ2v) is 6.23. The first-order valence-electron chi connectivity index (χ1n) is 6.89. The molecule has 1 aromatic heterocycles. The Morgan fingerprint density at radius 1 is 1.50 bits per heavy atom. The standard InChI is InChI=1S/C14H18ClN5OS/c1-3-9(2)17-12(21)8-22-14-19-18-13(20(14)16)10-5-4-6-11(15)7-10/h4-7,9H,3,8,16H2,1-2H3,(H,17,21)/t9-/m0/s1. The Hall–Kier alpha value is -1.73. The fourth-order valence-electron chi connectivity index (χ4n) is 1.75. The number of amides is 1. The van der Waals surface area contributed by atoms with Crippen molar-refractivity contribution >= 4 is 29.3 Å². The minimum absolute atomic E-state index is 0.0494. The molecule has 0 bridgehead atoms. The molecule has 0 aliphatic heterocycles. The minimum atomic E-state index is -0.0494. The molecule has 1 amide bonds. The van der Waals surface area contributed by atoms with Crippen LogP contribution in [0.1, 0.15) is 20.3 Å². The zero-order valence-electron chi connectivity index (χ0n) is 12.4. The summed E-state index contributed by atoms with van der Waals surface area (Å²) in [5.41, 5.74) is 0.776. The van der Waals surface area contributed by atoms with E-state index < -0.39 is 0 Å². The number of nitrogens with zero attached hydrogens (tertiary/aromatic N) is 3. The molecule has 1 heterocycles. The largest absolute Gasteiger partial charge is 0.353 e. The second kappa shape index (κ2) is 7.51. The van der Waals surface area contributed by atoms with Gasteiger partial charge in [-0.2, -0.15) is 0 Å². The van der Waals surface area contributed by atoms with Gasteiger partial charge in [0.1, 0.15) is 0 Å². The maximum atomic E-state index is 11.8. The van der Waals surface area contributed by atoms with Gasteiger partial charge in [0.15, 0.2) is 5.82 Å². The van der Waals surface area contributed by atoms with Gasteiger partial charge < -0.3 is 11.2 Å². The first kappa shape index (κ1) is 16.6. The van der Waals surface area contributed by atoms with Gasteiger partial charge >= 0.3 is 0 Å². The van der Waals surface area contributed by atoms with E-state index in [2.05, 4.69) is 15.5 Å². The summed E-state index contributed by atoms with van der Waals surface area (Å²) in [6, 6.07) is 7.36. The highest BCUT2D eigenvalue weighted by Gasteiger charge is 2.14. The summed E-state index contributed by atoms with van der Waals surface area (Å²) in [5.74, 6) is 6.70. The maximum Gasteiger partial charge on any atom is 0.230 e. The molecule has 1 atom stereocenters. The highest BCUT2D eigenvalue weighted by Crippen LogP contribution is 2.23. The predicted molar refractivity (Wildman–Crippen MR) is 89.2 cm³/mol. The molecular formula is C14H18ClN5OS. The zero-order chi connectivity index (χ0) is 16.1. The molecule has 0 spiro atoms. The molecule has 1 aromatic carbocycles. The fourth-order valence-corrected chi connectivity index (χ4v) is 2.61. The van der Waals surface area contributed by atoms with Crippen LogP contribution in [0, 0.1) is 0 Å². The number of hydrogen-bond acceptors (Lipinski definition) is 5. The van der Waals surface area contributed by atoms with Crippen molar-refractivity contribution in [3.8, 4) is 11.4 Å². The van der Waals surface area contributed by atoms with Crippen LogP contribution in [0.4, 0.5) is 0 Å². The lowest BCUT2D eigenvalue weighted by atomic mass is 10.2. The third-order valence-electron chi connectivity index (χ3n) is 3.10. The van der Waals surface area contributed by atoms with Crippen molar-refractivity contribution in [2.24, 2.45) is 0 Å². The van der Waals surface area contributed by atoms with Crippen LogP contribution >= 0.6 is 23.4 Å². The number of nitrogen functional groups attached to an aromatic ring is 1. The Kier molecular flexibility index (Phi) is 5.68. The quantitative estimate of drug-likeness (QED) is 0.623. The molecule has 0 fully saturated rings. The van der Waals surface area contributed by atoms with Crippen LogP contribution in [0.3, 0.4) is 0 Å². The molecule has 0 unspecified atom stereocenters.